The number of carbonyl (C=O) groups excluding carboxylic acids is 3. The summed E-state index contributed by atoms with van der Waals surface area (Å²) in [5, 5.41) is 3.74. The second kappa shape index (κ2) is 9.90. The standard InChI is InChI=1S/C26H30N2O5/c1-16(2)32-24(30)15-22-20(19-8-6-7-9-21(19)28-22)14-23(29)27-18-12-10-17(11-13-18)25(31)33-26(3,4)5/h6-13,16,28H,14-15H2,1-5H3,(H,27,29). The molecule has 7 nitrogen and oxygen atoms in total. The third-order valence-electron chi connectivity index (χ3n) is 4.73. The van der Waals surface area contributed by atoms with Gasteiger partial charge in [-0.2, -0.15) is 0 Å². The van der Waals surface area contributed by atoms with E-state index < -0.39 is 11.6 Å². The van der Waals surface area contributed by atoms with Gasteiger partial charge in [0.25, 0.3) is 0 Å². The number of aromatic amines is 1. The number of hydrogen-bond acceptors (Lipinski definition) is 5. The molecule has 0 radical (unpaired) electrons. The maximum atomic E-state index is 12.8. The molecule has 2 aromatic carbocycles. The number of esters is 2. The highest BCUT2D eigenvalue weighted by Crippen LogP contribution is 2.24. The molecular formula is C26H30N2O5. The average Bonchev–Trinajstić information content (AvgIpc) is 3.03. The highest BCUT2D eigenvalue weighted by atomic mass is 16.6. The molecule has 0 spiro atoms. The Morgan fingerprint density at radius 1 is 0.970 bits per heavy atom. The van der Waals surface area contributed by atoms with Gasteiger partial charge in [0.05, 0.1) is 24.5 Å². The van der Waals surface area contributed by atoms with E-state index >= 15 is 0 Å². The van der Waals surface area contributed by atoms with Gasteiger partial charge in [0.2, 0.25) is 5.91 Å². The third-order valence-corrected chi connectivity index (χ3v) is 4.73. The molecule has 0 saturated heterocycles. The van der Waals surface area contributed by atoms with Crippen LogP contribution in [0.25, 0.3) is 10.9 Å². The molecule has 33 heavy (non-hydrogen) atoms. The van der Waals surface area contributed by atoms with E-state index in [0.29, 0.717) is 16.9 Å². The van der Waals surface area contributed by atoms with E-state index in [1.54, 1.807) is 58.9 Å². The lowest BCUT2D eigenvalue weighted by Gasteiger charge is -2.19. The van der Waals surface area contributed by atoms with Crippen molar-refractivity contribution in [1.29, 1.82) is 0 Å². The van der Waals surface area contributed by atoms with Gasteiger partial charge in [-0.25, -0.2) is 4.79 Å². The Morgan fingerprint density at radius 3 is 2.27 bits per heavy atom. The Bertz CT molecular complexity index is 1150. The number of carbonyl (C=O) groups is 3. The number of rotatable bonds is 7. The first-order valence-electron chi connectivity index (χ1n) is 10.9. The van der Waals surface area contributed by atoms with Crippen molar-refractivity contribution in [3.63, 3.8) is 0 Å². The van der Waals surface area contributed by atoms with Gasteiger partial charge in [0.15, 0.2) is 0 Å². The Hall–Kier alpha value is -3.61. The van der Waals surface area contributed by atoms with Crippen molar-refractivity contribution < 1.29 is 23.9 Å². The smallest absolute Gasteiger partial charge is 0.338 e. The van der Waals surface area contributed by atoms with Crippen LogP contribution in [-0.2, 0) is 31.9 Å². The molecule has 0 aliphatic carbocycles. The summed E-state index contributed by atoms with van der Waals surface area (Å²) in [7, 11) is 0. The lowest BCUT2D eigenvalue weighted by atomic mass is 10.1. The fraction of sp³-hybridized carbons (Fsp3) is 0.346. The zero-order valence-corrected chi connectivity index (χ0v) is 19.7. The fourth-order valence-corrected chi connectivity index (χ4v) is 3.45. The molecule has 174 valence electrons. The number of hydrogen-bond donors (Lipinski definition) is 2. The van der Waals surface area contributed by atoms with Crippen LogP contribution in [0.5, 0.6) is 0 Å². The predicted molar refractivity (Wildman–Crippen MR) is 127 cm³/mol. The van der Waals surface area contributed by atoms with Crippen LogP contribution in [0.4, 0.5) is 5.69 Å². The normalized spacial score (nSPS) is 11.5. The van der Waals surface area contributed by atoms with Crippen molar-refractivity contribution in [3.05, 3.63) is 65.4 Å². The molecule has 0 atom stereocenters. The summed E-state index contributed by atoms with van der Waals surface area (Å²) in [5.74, 6) is -1.00. The Morgan fingerprint density at radius 2 is 1.64 bits per heavy atom. The van der Waals surface area contributed by atoms with Crippen LogP contribution >= 0.6 is 0 Å². The predicted octanol–water partition coefficient (Wildman–Crippen LogP) is 4.80. The van der Waals surface area contributed by atoms with Crippen LogP contribution < -0.4 is 5.32 Å². The van der Waals surface area contributed by atoms with Gasteiger partial charge in [0.1, 0.15) is 5.60 Å². The molecule has 3 aromatic rings. The van der Waals surface area contributed by atoms with Crippen LogP contribution in [0, 0.1) is 0 Å². The minimum atomic E-state index is -0.581. The summed E-state index contributed by atoms with van der Waals surface area (Å²) < 4.78 is 10.6. The lowest BCUT2D eigenvalue weighted by Crippen LogP contribution is -2.23. The number of aromatic nitrogens is 1. The molecule has 0 aliphatic heterocycles. The second-order valence-electron chi connectivity index (χ2n) is 9.15. The zero-order chi connectivity index (χ0) is 24.2. The minimum absolute atomic E-state index is 0.0556. The van der Waals surface area contributed by atoms with Crippen LogP contribution in [0.3, 0.4) is 0 Å². The third kappa shape index (κ3) is 6.68. The van der Waals surface area contributed by atoms with E-state index in [0.717, 1.165) is 16.5 Å². The monoisotopic (exact) mass is 450 g/mol. The van der Waals surface area contributed by atoms with Crippen LogP contribution in [0.2, 0.25) is 0 Å². The van der Waals surface area contributed by atoms with Crippen LogP contribution in [0.1, 0.15) is 56.2 Å². The average molecular weight is 451 g/mol. The molecule has 2 N–H and O–H groups in total. The molecule has 1 heterocycles. The van der Waals surface area contributed by atoms with E-state index in [4.69, 9.17) is 9.47 Å². The summed E-state index contributed by atoms with van der Waals surface area (Å²) in [6.07, 6.45) is -0.0698. The molecule has 0 saturated carbocycles. The van der Waals surface area contributed by atoms with Gasteiger partial charge in [-0.3, -0.25) is 9.59 Å². The van der Waals surface area contributed by atoms with Gasteiger partial charge >= 0.3 is 11.9 Å². The number of benzene rings is 2. The molecule has 1 aromatic heterocycles. The van der Waals surface area contributed by atoms with Gasteiger partial charge in [-0.1, -0.05) is 18.2 Å². The number of anilines is 1. The fourth-order valence-electron chi connectivity index (χ4n) is 3.45. The molecule has 0 aliphatic rings. The Labute approximate surface area is 193 Å². The first-order chi connectivity index (χ1) is 15.5. The van der Waals surface area contributed by atoms with Crippen molar-refractivity contribution >= 4 is 34.4 Å². The van der Waals surface area contributed by atoms with E-state index in [9.17, 15) is 14.4 Å². The summed E-state index contributed by atoms with van der Waals surface area (Å²) in [6.45, 7) is 9.01. The van der Waals surface area contributed by atoms with E-state index in [1.807, 2.05) is 24.3 Å². The van der Waals surface area contributed by atoms with E-state index in [2.05, 4.69) is 10.3 Å². The largest absolute Gasteiger partial charge is 0.463 e. The maximum absolute atomic E-state index is 12.8. The molecule has 1 amide bonds. The topological polar surface area (TPSA) is 97.5 Å². The summed E-state index contributed by atoms with van der Waals surface area (Å²) in [4.78, 5) is 40.4. The lowest BCUT2D eigenvalue weighted by molar-refractivity contribution is -0.146. The van der Waals surface area contributed by atoms with Crippen LogP contribution in [0.15, 0.2) is 48.5 Å². The SMILES string of the molecule is CC(C)OC(=O)Cc1[nH]c2ccccc2c1CC(=O)Nc1ccc(C(=O)OC(C)(C)C)cc1. The van der Waals surface area contributed by atoms with Crippen molar-refractivity contribution in [1.82, 2.24) is 4.98 Å². The van der Waals surface area contributed by atoms with Gasteiger partial charge < -0.3 is 19.8 Å². The number of nitrogens with one attached hydrogen (secondary N) is 2. The minimum Gasteiger partial charge on any atom is -0.463 e. The summed E-state index contributed by atoms with van der Waals surface area (Å²) in [6, 6.07) is 14.2. The highest BCUT2D eigenvalue weighted by Gasteiger charge is 2.20. The number of ether oxygens (including phenoxy) is 2. The molecule has 0 bridgehead atoms. The highest BCUT2D eigenvalue weighted by molar-refractivity contribution is 5.97. The van der Waals surface area contributed by atoms with Crippen molar-refractivity contribution in [2.75, 3.05) is 5.32 Å². The molecule has 3 rings (SSSR count). The number of fused-ring (bicyclic) bond motifs is 1. The van der Waals surface area contributed by atoms with E-state index in [1.165, 1.54) is 0 Å². The van der Waals surface area contributed by atoms with Gasteiger partial charge in [0, 0.05) is 22.3 Å². The number of H-pyrrole nitrogens is 1. The quantitative estimate of drug-likeness (QED) is 0.504. The maximum Gasteiger partial charge on any atom is 0.338 e. The second-order valence-corrected chi connectivity index (χ2v) is 9.15. The molecular weight excluding hydrogens is 420 g/mol. The van der Waals surface area contributed by atoms with Gasteiger partial charge in [-0.05, 0) is 70.5 Å². The van der Waals surface area contributed by atoms with Crippen LogP contribution in [-0.4, -0.2) is 34.5 Å². The Balaban J connectivity index is 1.73. The van der Waals surface area contributed by atoms with Crippen molar-refractivity contribution in [2.24, 2.45) is 0 Å². The van der Waals surface area contributed by atoms with E-state index in [-0.39, 0.29) is 30.8 Å². The van der Waals surface area contributed by atoms with Crippen molar-refractivity contribution in [2.45, 2.75) is 59.2 Å². The molecule has 0 fully saturated rings. The molecule has 7 heteroatoms. The number of amides is 1. The van der Waals surface area contributed by atoms with Gasteiger partial charge in [-0.15, -0.1) is 0 Å². The summed E-state index contributed by atoms with van der Waals surface area (Å²) in [5.41, 5.74) is 2.67. The number of para-hydroxylation sites is 1. The molecule has 0 unspecified atom stereocenters. The summed E-state index contributed by atoms with van der Waals surface area (Å²) >= 11 is 0. The first-order valence-corrected chi connectivity index (χ1v) is 10.9. The zero-order valence-electron chi connectivity index (χ0n) is 19.7. The first kappa shape index (κ1) is 24.0. The van der Waals surface area contributed by atoms with Crippen molar-refractivity contribution in [3.8, 4) is 0 Å². The Kier molecular flexibility index (Phi) is 7.21.